The Hall–Kier alpha value is -1.92. The zero-order chi connectivity index (χ0) is 43.1. The SMILES string of the molecule is CCCCC/C=C\C/C=C\CCCCCCCCCCCC(=O)OC(CCC/C=C\CCCCCCCCC)CC(=O)NC(CO)C(O)CCCCCCCCCCC. The van der Waals surface area contributed by atoms with E-state index in [4.69, 9.17) is 4.74 Å². The second-order valence-corrected chi connectivity index (χ2v) is 17.6. The van der Waals surface area contributed by atoms with Gasteiger partial charge in [-0.3, -0.25) is 9.59 Å². The van der Waals surface area contributed by atoms with E-state index in [1.165, 1.54) is 154 Å². The molecule has 0 aliphatic carbocycles. The molecular weight excluding hydrogens is 731 g/mol. The molecule has 0 spiro atoms. The highest BCUT2D eigenvalue weighted by Crippen LogP contribution is 2.17. The molecule has 0 aromatic carbocycles. The van der Waals surface area contributed by atoms with Gasteiger partial charge in [-0.2, -0.15) is 0 Å². The number of carbonyl (C=O) groups excluding carboxylic acids is 2. The number of hydrogen-bond acceptors (Lipinski definition) is 5. The molecule has 0 radical (unpaired) electrons. The van der Waals surface area contributed by atoms with Crippen molar-refractivity contribution in [3.05, 3.63) is 36.5 Å². The predicted octanol–water partition coefficient (Wildman–Crippen LogP) is 15.3. The molecule has 0 aliphatic rings. The van der Waals surface area contributed by atoms with Crippen LogP contribution in [-0.2, 0) is 14.3 Å². The summed E-state index contributed by atoms with van der Waals surface area (Å²) in [6.45, 7) is 6.43. The number of nitrogens with one attached hydrogen (secondary N) is 1. The van der Waals surface area contributed by atoms with Crippen LogP contribution in [0.15, 0.2) is 36.5 Å². The Morgan fingerprint density at radius 3 is 1.37 bits per heavy atom. The molecule has 1 amide bonds. The van der Waals surface area contributed by atoms with E-state index in [2.05, 4.69) is 62.5 Å². The fourth-order valence-corrected chi connectivity index (χ4v) is 7.76. The molecule has 0 heterocycles. The summed E-state index contributed by atoms with van der Waals surface area (Å²) in [4.78, 5) is 26.1. The number of carbonyl (C=O) groups is 2. The van der Waals surface area contributed by atoms with Gasteiger partial charge in [-0.25, -0.2) is 0 Å². The summed E-state index contributed by atoms with van der Waals surface area (Å²) < 4.78 is 5.91. The molecule has 0 aromatic heterocycles. The third-order valence-corrected chi connectivity index (χ3v) is 11.7. The number of aliphatic hydroxyl groups is 2. The number of esters is 1. The standard InChI is InChI=1S/C53H99NO5/c1-4-7-10-13-16-19-21-23-24-25-26-27-28-29-31-34-37-40-43-46-53(58)59-49(44-41-38-35-33-30-22-20-17-14-11-8-5-2)47-52(57)54-50(48-55)51(56)45-42-39-36-32-18-15-12-9-6-3/h16,19,23-24,33,35,49-51,55-56H,4-15,17-18,20-22,25-32,34,36-48H2,1-3H3,(H,54,57)/b19-16-,24-23-,35-33-. The zero-order valence-electron chi connectivity index (χ0n) is 39.4. The molecule has 3 atom stereocenters. The van der Waals surface area contributed by atoms with Crippen molar-refractivity contribution in [2.24, 2.45) is 0 Å². The Morgan fingerprint density at radius 1 is 0.492 bits per heavy atom. The van der Waals surface area contributed by atoms with Gasteiger partial charge in [0.15, 0.2) is 0 Å². The van der Waals surface area contributed by atoms with E-state index >= 15 is 0 Å². The monoisotopic (exact) mass is 830 g/mol. The van der Waals surface area contributed by atoms with Crippen LogP contribution in [-0.4, -0.2) is 46.9 Å². The highest BCUT2D eigenvalue weighted by atomic mass is 16.5. The van der Waals surface area contributed by atoms with Gasteiger partial charge in [-0.05, 0) is 77.0 Å². The van der Waals surface area contributed by atoms with Crippen molar-refractivity contribution >= 4 is 11.9 Å². The molecule has 59 heavy (non-hydrogen) atoms. The fourth-order valence-electron chi connectivity index (χ4n) is 7.76. The van der Waals surface area contributed by atoms with E-state index in [1.807, 2.05) is 0 Å². The first-order valence-electron chi connectivity index (χ1n) is 25.7. The predicted molar refractivity (Wildman–Crippen MR) is 255 cm³/mol. The molecule has 0 rings (SSSR count). The van der Waals surface area contributed by atoms with E-state index in [9.17, 15) is 19.8 Å². The van der Waals surface area contributed by atoms with Crippen molar-refractivity contribution in [2.45, 2.75) is 283 Å². The Labute approximate surface area is 366 Å². The molecule has 3 N–H and O–H groups in total. The maximum atomic E-state index is 13.1. The van der Waals surface area contributed by atoms with E-state index in [-0.39, 0.29) is 24.9 Å². The van der Waals surface area contributed by atoms with Crippen LogP contribution in [0.25, 0.3) is 0 Å². The zero-order valence-corrected chi connectivity index (χ0v) is 39.4. The lowest BCUT2D eigenvalue weighted by molar-refractivity contribution is -0.151. The molecule has 0 aromatic rings. The third-order valence-electron chi connectivity index (χ3n) is 11.7. The number of unbranched alkanes of at least 4 members (excludes halogenated alkanes) is 28. The number of rotatable bonds is 46. The van der Waals surface area contributed by atoms with E-state index in [1.54, 1.807) is 0 Å². The van der Waals surface area contributed by atoms with Gasteiger partial charge in [-0.1, -0.05) is 211 Å². The normalized spacial score (nSPS) is 13.5. The minimum atomic E-state index is -0.791. The first kappa shape index (κ1) is 57.1. The summed E-state index contributed by atoms with van der Waals surface area (Å²) in [7, 11) is 0. The van der Waals surface area contributed by atoms with E-state index in [0.717, 1.165) is 64.2 Å². The lowest BCUT2D eigenvalue weighted by Gasteiger charge is -2.24. The average Bonchev–Trinajstić information content (AvgIpc) is 3.23. The summed E-state index contributed by atoms with van der Waals surface area (Å²) >= 11 is 0. The van der Waals surface area contributed by atoms with Crippen molar-refractivity contribution in [3.8, 4) is 0 Å². The van der Waals surface area contributed by atoms with Crippen LogP contribution in [0.2, 0.25) is 0 Å². The van der Waals surface area contributed by atoms with Gasteiger partial charge in [0.1, 0.15) is 6.10 Å². The fraction of sp³-hybridized carbons (Fsp3) is 0.849. The van der Waals surface area contributed by atoms with Crippen LogP contribution in [0.3, 0.4) is 0 Å². The van der Waals surface area contributed by atoms with E-state index < -0.39 is 18.2 Å². The molecule has 0 bridgehead atoms. The molecule has 0 fully saturated rings. The topological polar surface area (TPSA) is 95.9 Å². The van der Waals surface area contributed by atoms with Crippen LogP contribution >= 0.6 is 0 Å². The minimum Gasteiger partial charge on any atom is -0.462 e. The summed E-state index contributed by atoms with van der Waals surface area (Å²) in [5.74, 6) is -0.502. The number of hydrogen-bond donors (Lipinski definition) is 3. The Kier molecular flexibility index (Phi) is 45.6. The molecule has 6 nitrogen and oxygen atoms in total. The van der Waals surface area contributed by atoms with Gasteiger partial charge >= 0.3 is 5.97 Å². The second-order valence-electron chi connectivity index (χ2n) is 17.6. The second kappa shape index (κ2) is 47.1. The molecule has 3 unspecified atom stereocenters. The maximum Gasteiger partial charge on any atom is 0.306 e. The number of ether oxygens (including phenoxy) is 1. The maximum absolute atomic E-state index is 13.1. The number of amides is 1. The minimum absolute atomic E-state index is 0.0571. The van der Waals surface area contributed by atoms with Crippen molar-refractivity contribution in [1.29, 1.82) is 0 Å². The van der Waals surface area contributed by atoms with Crippen LogP contribution in [0.4, 0.5) is 0 Å². The molecule has 0 saturated carbocycles. The van der Waals surface area contributed by atoms with Crippen molar-refractivity contribution in [2.75, 3.05) is 6.61 Å². The smallest absolute Gasteiger partial charge is 0.306 e. The summed E-state index contributed by atoms with van der Waals surface area (Å²) in [5.41, 5.74) is 0. The summed E-state index contributed by atoms with van der Waals surface area (Å²) in [5, 5.41) is 23.6. The first-order valence-corrected chi connectivity index (χ1v) is 25.7. The van der Waals surface area contributed by atoms with Gasteiger partial charge in [-0.15, -0.1) is 0 Å². The van der Waals surface area contributed by atoms with E-state index in [0.29, 0.717) is 19.3 Å². The Morgan fingerprint density at radius 2 is 0.881 bits per heavy atom. The lowest BCUT2D eigenvalue weighted by Crippen LogP contribution is -2.46. The van der Waals surface area contributed by atoms with Gasteiger partial charge in [0.2, 0.25) is 5.91 Å². The molecule has 6 heteroatoms. The average molecular weight is 830 g/mol. The van der Waals surface area contributed by atoms with Crippen LogP contribution in [0, 0.1) is 0 Å². The van der Waals surface area contributed by atoms with Gasteiger partial charge in [0.25, 0.3) is 0 Å². The van der Waals surface area contributed by atoms with Gasteiger partial charge in [0, 0.05) is 6.42 Å². The Balaban J connectivity index is 4.51. The Bertz CT molecular complexity index is 977. The number of aliphatic hydroxyl groups excluding tert-OH is 2. The van der Waals surface area contributed by atoms with Crippen LogP contribution in [0.5, 0.6) is 0 Å². The quantitative estimate of drug-likeness (QED) is 0.0323. The number of allylic oxidation sites excluding steroid dienone is 6. The molecule has 346 valence electrons. The summed E-state index contributed by atoms with van der Waals surface area (Å²) in [6, 6.07) is -0.706. The first-order chi connectivity index (χ1) is 29.0. The molecule has 0 saturated heterocycles. The molecule has 0 aliphatic heterocycles. The largest absolute Gasteiger partial charge is 0.462 e. The highest BCUT2D eigenvalue weighted by molar-refractivity contribution is 5.77. The molecular formula is C53H99NO5. The highest BCUT2D eigenvalue weighted by Gasteiger charge is 2.24. The van der Waals surface area contributed by atoms with Crippen molar-refractivity contribution in [3.63, 3.8) is 0 Å². The van der Waals surface area contributed by atoms with Crippen LogP contribution in [0.1, 0.15) is 265 Å². The van der Waals surface area contributed by atoms with Crippen LogP contribution < -0.4 is 5.32 Å². The third kappa shape index (κ3) is 42.6. The summed E-state index contributed by atoms with van der Waals surface area (Å²) in [6.07, 6.45) is 55.0. The van der Waals surface area contributed by atoms with Gasteiger partial charge in [0.05, 0.1) is 25.2 Å². The van der Waals surface area contributed by atoms with Crippen molar-refractivity contribution < 1.29 is 24.5 Å². The van der Waals surface area contributed by atoms with Gasteiger partial charge < -0.3 is 20.3 Å². The van der Waals surface area contributed by atoms with Crippen molar-refractivity contribution in [1.82, 2.24) is 5.32 Å². The lowest BCUT2D eigenvalue weighted by atomic mass is 10.0.